The van der Waals surface area contributed by atoms with Crippen molar-refractivity contribution >= 4 is 6.09 Å². The molecule has 2 heterocycles. The fourth-order valence-corrected chi connectivity index (χ4v) is 4.84. The normalized spacial score (nSPS) is 20.7. The molecule has 0 aliphatic carbocycles. The summed E-state index contributed by atoms with van der Waals surface area (Å²) in [6.07, 6.45) is 1.67. The first kappa shape index (κ1) is 24.7. The minimum Gasteiger partial charge on any atom is -0.435 e. The van der Waals surface area contributed by atoms with Crippen LogP contribution in [0.1, 0.15) is 37.4 Å². The standard InChI is InChI=1S/C28H32N2O5/c1-20(21-10-12-22(13-11-21)23-14-16-29(3)25(31)18-23)30-17-15-28(35-26(30)32,27(2,33)19-34-4)24-8-6-5-7-9-24/h5-14,16,18,20,33H,15,17,19H2,1-4H3/t20-,27-,28+/m0/s1. The van der Waals surface area contributed by atoms with Crippen LogP contribution in [0.25, 0.3) is 11.1 Å². The predicted molar refractivity (Wildman–Crippen MR) is 134 cm³/mol. The lowest BCUT2D eigenvalue weighted by atomic mass is 9.75. The smallest absolute Gasteiger partial charge is 0.411 e. The van der Waals surface area contributed by atoms with E-state index in [1.165, 1.54) is 11.7 Å². The molecule has 0 radical (unpaired) electrons. The molecule has 0 unspecified atom stereocenters. The van der Waals surface area contributed by atoms with Gasteiger partial charge in [-0.25, -0.2) is 4.79 Å². The van der Waals surface area contributed by atoms with Crippen molar-refractivity contribution in [3.8, 4) is 11.1 Å². The van der Waals surface area contributed by atoms with Crippen molar-refractivity contribution in [1.29, 1.82) is 0 Å². The fourth-order valence-electron chi connectivity index (χ4n) is 4.84. The van der Waals surface area contributed by atoms with Gasteiger partial charge in [-0.05, 0) is 42.2 Å². The van der Waals surface area contributed by atoms with Crippen molar-refractivity contribution in [2.45, 2.75) is 37.5 Å². The first-order valence-electron chi connectivity index (χ1n) is 11.7. The molecule has 0 saturated carbocycles. The number of aliphatic hydroxyl groups is 1. The van der Waals surface area contributed by atoms with Gasteiger partial charge in [-0.3, -0.25) is 4.79 Å². The Morgan fingerprint density at radius 2 is 1.77 bits per heavy atom. The number of hydrogen-bond acceptors (Lipinski definition) is 5. The van der Waals surface area contributed by atoms with Gasteiger partial charge >= 0.3 is 6.09 Å². The number of cyclic esters (lactones) is 1. The van der Waals surface area contributed by atoms with Crippen LogP contribution >= 0.6 is 0 Å². The van der Waals surface area contributed by atoms with Gasteiger partial charge in [-0.1, -0.05) is 54.6 Å². The first-order chi connectivity index (χ1) is 16.7. The van der Waals surface area contributed by atoms with E-state index in [4.69, 9.17) is 9.47 Å². The molecular weight excluding hydrogens is 444 g/mol. The molecule has 2 aromatic carbocycles. The summed E-state index contributed by atoms with van der Waals surface area (Å²) < 4.78 is 12.9. The lowest BCUT2D eigenvalue weighted by Crippen LogP contribution is -2.60. The predicted octanol–water partition coefficient (Wildman–Crippen LogP) is 4.25. The van der Waals surface area contributed by atoms with Crippen molar-refractivity contribution in [3.63, 3.8) is 0 Å². The maximum Gasteiger partial charge on any atom is 0.411 e. The second-order valence-corrected chi connectivity index (χ2v) is 9.37. The molecule has 3 aromatic rings. The average Bonchev–Trinajstić information content (AvgIpc) is 2.85. The number of ether oxygens (including phenoxy) is 2. The van der Waals surface area contributed by atoms with E-state index in [0.717, 1.165) is 22.3 Å². The van der Waals surface area contributed by atoms with Gasteiger partial charge < -0.3 is 24.0 Å². The average molecular weight is 477 g/mol. The summed E-state index contributed by atoms with van der Waals surface area (Å²) in [4.78, 5) is 27.0. The Morgan fingerprint density at radius 1 is 1.09 bits per heavy atom. The molecule has 1 saturated heterocycles. The molecule has 0 spiro atoms. The summed E-state index contributed by atoms with van der Waals surface area (Å²) >= 11 is 0. The van der Waals surface area contributed by atoms with Crippen LogP contribution in [0.3, 0.4) is 0 Å². The van der Waals surface area contributed by atoms with Crippen LogP contribution in [0, 0.1) is 0 Å². The Bertz CT molecular complexity index is 1240. The lowest BCUT2D eigenvalue weighted by molar-refractivity contribution is -0.196. The van der Waals surface area contributed by atoms with Crippen molar-refractivity contribution in [2.24, 2.45) is 7.05 Å². The number of benzene rings is 2. The van der Waals surface area contributed by atoms with Crippen molar-refractivity contribution in [3.05, 3.63) is 94.4 Å². The van der Waals surface area contributed by atoms with Gasteiger partial charge in [0.25, 0.3) is 5.56 Å². The molecule has 0 bridgehead atoms. The third kappa shape index (κ3) is 4.61. The second-order valence-electron chi connectivity index (χ2n) is 9.37. The number of rotatable bonds is 7. The number of carbonyl (C=O) groups excluding carboxylic acids is 1. The van der Waals surface area contributed by atoms with Crippen molar-refractivity contribution < 1.29 is 19.4 Å². The molecule has 1 fully saturated rings. The molecule has 7 nitrogen and oxygen atoms in total. The molecule has 4 rings (SSSR count). The Balaban J connectivity index is 1.57. The highest BCUT2D eigenvalue weighted by atomic mass is 16.6. The maximum absolute atomic E-state index is 13.3. The van der Waals surface area contributed by atoms with Crippen molar-refractivity contribution in [2.75, 3.05) is 20.3 Å². The highest BCUT2D eigenvalue weighted by molar-refractivity contribution is 5.71. The zero-order chi connectivity index (χ0) is 25.2. The van der Waals surface area contributed by atoms with E-state index in [-0.39, 0.29) is 18.2 Å². The third-order valence-corrected chi connectivity index (χ3v) is 7.03. The molecule has 1 N–H and O–H groups in total. The van der Waals surface area contributed by atoms with Gasteiger partial charge in [-0.2, -0.15) is 0 Å². The summed E-state index contributed by atoms with van der Waals surface area (Å²) in [5.41, 5.74) is 0.758. The number of aryl methyl sites for hydroxylation is 1. The van der Waals surface area contributed by atoms with Gasteiger partial charge in [0.2, 0.25) is 0 Å². The minimum atomic E-state index is -1.41. The summed E-state index contributed by atoms with van der Waals surface area (Å²) in [7, 11) is 3.24. The SMILES string of the molecule is COC[C@](C)(O)[C@]1(c2ccccc2)CCN([C@@H](C)c2ccc(-c3ccn(C)c(=O)c3)cc2)C(=O)O1. The quantitative estimate of drug-likeness (QED) is 0.552. The van der Waals surface area contributed by atoms with E-state index in [0.29, 0.717) is 13.0 Å². The number of amides is 1. The summed E-state index contributed by atoms with van der Waals surface area (Å²) in [5.74, 6) is 0. The number of methoxy groups -OCH3 is 1. The van der Waals surface area contributed by atoms with Crippen LogP contribution < -0.4 is 5.56 Å². The van der Waals surface area contributed by atoms with Gasteiger partial charge in [0.1, 0.15) is 5.60 Å². The summed E-state index contributed by atoms with van der Waals surface area (Å²) in [6.45, 7) is 4.03. The number of carbonyl (C=O) groups is 1. The Morgan fingerprint density at radius 3 is 2.37 bits per heavy atom. The molecule has 1 amide bonds. The van der Waals surface area contributed by atoms with Crippen LogP contribution in [-0.2, 0) is 22.1 Å². The lowest BCUT2D eigenvalue weighted by Gasteiger charge is -2.49. The van der Waals surface area contributed by atoms with E-state index < -0.39 is 17.3 Å². The van der Waals surface area contributed by atoms with Crippen LogP contribution in [0.4, 0.5) is 4.79 Å². The van der Waals surface area contributed by atoms with Gasteiger partial charge in [0, 0.05) is 39.4 Å². The molecule has 1 aliphatic heterocycles. The van der Waals surface area contributed by atoms with Crippen LogP contribution in [-0.4, -0.2) is 46.5 Å². The Labute approximate surface area is 205 Å². The van der Waals surface area contributed by atoms with Crippen LogP contribution in [0.15, 0.2) is 77.7 Å². The van der Waals surface area contributed by atoms with E-state index in [1.54, 1.807) is 31.1 Å². The first-order valence-corrected chi connectivity index (χ1v) is 11.7. The molecule has 7 heteroatoms. The van der Waals surface area contributed by atoms with E-state index in [9.17, 15) is 14.7 Å². The molecule has 35 heavy (non-hydrogen) atoms. The highest BCUT2D eigenvalue weighted by Crippen LogP contribution is 2.44. The zero-order valence-electron chi connectivity index (χ0n) is 20.6. The van der Waals surface area contributed by atoms with Gasteiger partial charge in [-0.15, -0.1) is 0 Å². The monoisotopic (exact) mass is 476 g/mol. The number of pyridine rings is 1. The van der Waals surface area contributed by atoms with Crippen molar-refractivity contribution in [1.82, 2.24) is 9.47 Å². The number of aromatic nitrogens is 1. The maximum atomic E-state index is 13.3. The van der Waals surface area contributed by atoms with Crippen LogP contribution in [0.2, 0.25) is 0 Å². The molecule has 1 aromatic heterocycles. The zero-order valence-corrected chi connectivity index (χ0v) is 20.6. The minimum absolute atomic E-state index is 0.0226. The topological polar surface area (TPSA) is 81.0 Å². The Kier molecular flexibility index (Phi) is 6.83. The molecule has 1 aliphatic rings. The van der Waals surface area contributed by atoms with Gasteiger partial charge in [0.15, 0.2) is 5.60 Å². The number of hydrogen-bond donors (Lipinski definition) is 1. The van der Waals surface area contributed by atoms with E-state index >= 15 is 0 Å². The molecule has 3 atom stereocenters. The summed E-state index contributed by atoms with van der Waals surface area (Å²) in [5, 5.41) is 11.3. The second kappa shape index (κ2) is 9.68. The fraction of sp³-hybridized carbons (Fsp3) is 0.357. The largest absolute Gasteiger partial charge is 0.435 e. The Hall–Kier alpha value is -3.42. The van der Waals surface area contributed by atoms with Crippen LogP contribution in [0.5, 0.6) is 0 Å². The van der Waals surface area contributed by atoms with E-state index in [1.807, 2.05) is 67.6 Å². The highest BCUT2D eigenvalue weighted by Gasteiger charge is 2.55. The molecule has 184 valence electrons. The molecular formula is C28H32N2O5. The van der Waals surface area contributed by atoms with Gasteiger partial charge in [0.05, 0.1) is 12.6 Å². The third-order valence-electron chi connectivity index (χ3n) is 7.03. The summed E-state index contributed by atoms with van der Waals surface area (Å²) in [6, 6.07) is 20.5. The number of nitrogens with zero attached hydrogens (tertiary/aromatic N) is 2. The van der Waals surface area contributed by atoms with E-state index in [2.05, 4.69) is 0 Å².